The lowest BCUT2D eigenvalue weighted by atomic mass is 10.2. The van der Waals surface area contributed by atoms with Crippen LogP contribution in [0.5, 0.6) is 0 Å². The van der Waals surface area contributed by atoms with Gasteiger partial charge in [-0.15, -0.1) is 0 Å². The Hall–Kier alpha value is -1.42. The number of hydrogen-bond donors (Lipinski definition) is 2. The second-order valence-corrected chi connectivity index (χ2v) is 2.97. The molecular weight excluding hydrogens is 268 g/mol. The van der Waals surface area contributed by atoms with E-state index in [1.165, 1.54) is 0 Å². The average molecular weight is 278 g/mol. The smallest absolute Gasteiger partial charge is 0.422 e. The van der Waals surface area contributed by atoms with Gasteiger partial charge in [0.15, 0.2) is 18.8 Å². The molecular formula is C8H10F4O6. The summed E-state index contributed by atoms with van der Waals surface area (Å²) in [5.41, 5.74) is 0. The quantitative estimate of drug-likeness (QED) is 0.494. The second kappa shape index (κ2) is 7.11. The van der Waals surface area contributed by atoms with Crippen molar-refractivity contribution in [2.24, 2.45) is 0 Å². The highest BCUT2D eigenvalue weighted by molar-refractivity contribution is 5.85. The lowest BCUT2D eigenvalue weighted by molar-refractivity contribution is -0.197. The van der Waals surface area contributed by atoms with Crippen LogP contribution in [0.2, 0.25) is 0 Å². The maximum Gasteiger partial charge on any atom is 0.422 e. The van der Waals surface area contributed by atoms with Gasteiger partial charge in [0.2, 0.25) is 0 Å². The van der Waals surface area contributed by atoms with Gasteiger partial charge in [-0.25, -0.2) is 14.0 Å². The maximum atomic E-state index is 11.7. The number of carbonyl (C=O) groups is 2. The van der Waals surface area contributed by atoms with Gasteiger partial charge in [0.25, 0.3) is 0 Å². The zero-order valence-electron chi connectivity index (χ0n) is 8.82. The topological polar surface area (TPSA) is 93.1 Å². The van der Waals surface area contributed by atoms with Gasteiger partial charge in [0, 0.05) is 0 Å². The van der Waals surface area contributed by atoms with E-state index in [0.29, 0.717) is 0 Å². The average Bonchev–Trinajstić information content (AvgIpc) is 2.29. The van der Waals surface area contributed by atoms with Crippen molar-refractivity contribution < 1.29 is 46.8 Å². The number of aliphatic hydroxyl groups is 2. The fourth-order valence-corrected chi connectivity index (χ4v) is 0.721. The molecule has 6 nitrogen and oxygen atoms in total. The summed E-state index contributed by atoms with van der Waals surface area (Å²) >= 11 is 0. The van der Waals surface area contributed by atoms with Gasteiger partial charge >= 0.3 is 18.1 Å². The third-order valence-electron chi connectivity index (χ3n) is 1.48. The number of rotatable bonds is 6. The molecule has 0 aromatic heterocycles. The number of ether oxygens (including phenoxy) is 2. The molecule has 0 aromatic carbocycles. The third kappa shape index (κ3) is 6.35. The standard InChI is InChI=1S/C8H10F4O6/c9-1-2-17-6(15)4(13)5(14)7(16)18-3-8(10,11)12/h4-5,13-14H,1-3H2. The molecule has 18 heavy (non-hydrogen) atoms. The SMILES string of the molecule is O=C(OCCF)C(O)C(O)C(=O)OCC(F)(F)F. The molecule has 0 heterocycles. The van der Waals surface area contributed by atoms with Crippen LogP contribution >= 0.6 is 0 Å². The summed E-state index contributed by atoms with van der Waals surface area (Å²) in [5, 5.41) is 17.9. The number of esters is 2. The first-order valence-electron chi connectivity index (χ1n) is 4.51. The molecule has 0 bridgehead atoms. The van der Waals surface area contributed by atoms with Crippen molar-refractivity contribution in [2.45, 2.75) is 18.4 Å². The molecule has 0 radical (unpaired) electrons. The van der Waals surface area contributed by atoms with E-state index in [2.05, 4.69) is 9.47 Å². The summed E-state index contributed by atoms with van der Waals surface area (Å²) in [6.45, 7) is -3.76. The predicted octanol–water partition coefficient (Wildman–Crippen LogP) is -0.674. The highest BCUT2D eigenvalue weighted by Crippen LogP contribution is 2.15. The van der Waals surface area contributed by atoms with Crippen molar-refractivity contribution in [2.75, 3.05) is 19.9 Å². The van der Waals surface area contributed by atoms with E-state index in [0.717, 1.165) is 0 Å². The Balaban J connectivity index is 4.23. The minimum atomic E-state index is -4.81. The van der Waals surface area contributed by atoms with E-state index >= 15 is 0 Å². The van der Waals surface area contributed by atoms with Crippen LogP contribution in [0.3, 0.4) is 0 Å². The van der Waals surface area contributed by atoms with E-state index in [1.807, 2.05) is 0 Å². The van der Waals surface area contributed by atoms with Crippen molar-refractivity contribution in [3.63, 3.8) is 0 Å². The van der Waals surface area contributed by atoms with Crippen molar-refractivity contribution >= 4 is 11.9 Å². The monoisotopic (exact) mass is 278 g/mol. The summed E-state index contributed by atoms with van der Waals surface area (Å²) in [4.78, 5) is 21.6. The molecule has 0 spiro atoms. The van der Waals surface area contributed by atoms with Crippen LogP contribution in [0.25, 0.3) is 0 Å². The molecule has 106 valence electrons. The van der Waals surface area contributed by atoms with Crippen LogP contribution in [0, 0.1) is 0 Å². The summed E-state index contributed by atoms with van der Waals surface area (Å²) < 4.78 is 54.1. The van der Waals surface area contributed by atoms with Crippen molar-refractivity contribution in [1.82, 2.24) is 0 Å². The molecule has 10 heteroatoms. The normalized spacial score (nSPS) is 14.8. The highest BCUT2D eigenvalue weighted by Gasteiger charge is 2.36. The van der Waals surface area contributed by atoms with Gasteiger partial charge in [-0.2, -0.15) is 13.2 Å². The zero-order chi connectivity index (χ0) is 14.3. The number of aliphatic hydroxyl groups excluding tert-OH is 2. The van der Waals surface area contributed by atoms with Gasteiger partial charge < -0.3 is 19.7 Å². The van der Waals surface area contributed by atoms with Crippen LogP contribution in [-0.4, -0.2) is 60.4 Å². The Kier molecular flexibility index (Phi) is 6.55. The molecule has 0 aliphatic heterocycles. The first kappa shape index (κ1) is 16.6. The number of alkyl halides is 4. The lowest BCUT2D eigenvalue weighted by Crippen LogP contribution is -2.42. The summed E-state index contributed by atoms with van der Waals surface area (Å²) in [6.07, 6.45) is -9.80. The van der Waals surface area contributed by atoms with E-state index < -0.39 is 50.2 Å². The summed E-state index contributed by atoms with van der Waals surface area (Å²) in [6, 6.07) is 0. The molecule has 0 amide bonds. The number of carbonyl (C=O) groups excluding carboxylic acids is 2. The minimum absolute atomic E-state index is 0.722. The van der Waals surface area contributed by atoms with Crippen molar-refractivity contribution in [3.8, 4) is 0 Å². The van der Waals surface area contributed by atoms with Crippen LogP contribution < -0.4 is 0 Å². The molecule has 0 fully saturated rings. The summed E-state index contributed by atoms with van der Waals surface area (Å²) in [5.74, 6) is -3.40. The van der Waals surface area contributed by atoms with Gasteiger partial charge in [-0.3, -0.25) is 0 Å². The fraction of sp³-hybridized carbons (Fsp3) is 0.750. The molecule has 2 N–H and O–H groups in total. The number of hydrogen-bond acceptors (Lipinski definition) is 6. The molecule has 0 aliphatic rings. The van der Waals surface area contributed by atoms with E-state index in [9.17, 15) is 27.2 Å². The Morgan fingerprint density at radius 3 is 1.89 bits per heavy atom. The Morgan fingerprint density at radius 2 is 1.50 bits per heavy atom. The van der Waals surface area contributed by atoms with Gasteiger partial charge in [0.1, 0.15) is 13.3 Å². The van der Waals surface area contributed by atoms with Crippen LogP contribution in [0.15, 0.2) is 0 Å². The minimum Gasteiger partial charge on any atom is -0.461 e. The molecule has 2 unspecified atom stereocenters. The number of halogens is 4. The molecule has 0 rings (SSSR count). The van der Waals surface area contributed by atoms with Gasteiger partial charge in [-0.05, 0) is 0 Å². The van der Waals surface area contributed by atoms with E-state index in [4.69, 9.17) is 10.2 Å². The third-order valence-corrected chi connectivity index (χ3v) is 1.48. The fourth-order valence-electron chi connectivity index (χ4n) is 0.721. The van der Waals surface area contributed by atoms with Gasteiger partial charge in [0.05, 0.1) is 0 Å². The Bertz CT molecular complexity index is 292. The molecule has 2 atom stereocenters. The van der Waals surface area contributed by atoms with Crippen molar-refractivity contribution in [3.05, 3.63) is 0 Å². The molecule has 0 aromatic rings. The first-order valence-corrected chi connectivity index (χ1v) is 4.51. The predicted molar refractivity (Wildman–Crippen MR) is 46.0 cm³/mol. The molecule has 0 saturated heterocycles. The second-order valence-electron chi connectivity index (χ2n) is 2.97. The molecule has 0 aliphatic carbocycles. The Morgan fingerprint density at radius 1 is 1.06 bits per heavy atom. The first-order chi connectivity index (χ1) is 8.19. The van der Waals surface area contributed by atoms with Gasteiger partial charge in [-0.1, -0.05) is 0 Å². The van der Waals surface area contributed by atoms with Crippen LogP contribution in [-0.2, 0) is 19.1 Å². The largest absolute Gasteiger partial charge is 0.461 e. The Labute approximate surface area is 98.1 Å². The van der Waals surface area contributed by atoms with E-state index in [-0.39, 0.29) is 0 Å². The maximum absolute atomic E-state index is 11.7. The summed E-state index contributed by atoms with van der Waals surface area (Å²) in [7, 11) is 0. The lowest BCUT2D eigenvalue weighted by Gasteiger charge is -2.16. The highest BCUT2D eigenvalue weighted by atomic mass is 19.4. The zero-order valence-corrected chi connectivity index (χ0v) is 8.82. The van der Waals surface area contributed by atoms with Crippen LogP contribution in [0.4, 0.5) is 17.6 Å². The molecule has 0 saturated carbocycles. The van der Waals surface area contributed by atoms with Crippen molar-refractivity contribution in [1.29, 1.82) is 0 Å². The van der Waals surface area contributed by atoms with E-state index in [1.54, 1.807) is 0 Å². The van der Waals surface area contributed by atoms with Crippen LogP contribution in [0.1, 0.15) is 0 Å².